The Morgan fingerprint density at radius 2 is 2.07 bits per heavy atom. The smallest absolute Gasteiger partial charge is 0.246 e. The van der Waals surface area contributed by atoms with Crippen LogP contribution < -0.4 is 10.2 Å². The molecule has 9 nitrogen and oxygen atoms in total. The number of rotatable bonds is 6. The van der Waals surface area contributed by atoms with Crippen LogP contribution >= 0.6 is 24.0 Å². The van der Waals surface area contributed by atoms with Crippen molar-refractivity contribution >= 4 is 41.5 Å². The van der Waals surface area contributed by atoms with Gasteiger partial charge in [0, 0.05) is 59.1 Å². The quantitative estimate of drug-likeness (QED) is 0.338. The summed E-state index contributed by atoms with van der Waals surface area (Å²) < 4.78 is 7.13. The summed E-state index contributed by atoms with van der Waals surface area (Å²) in [5, 5.41) is 7.51. The zero-order chi connectivity index (χ0) is 19.9. The Labute approximate surface area is 190 Å². The van der Waals surface area contributed by atoms with Crippen molar-refractivity contribution in [3.63, 3.8) is 0 Å². The highest BCUT2D eigenvalue weighted by atomic mass is 127. The lowest BCUT2D eigenvalue weighted by atomic mass is 10.1. The highest BCUT2D eigenvalue weighted by Gasteiger charge is 2.27. The molecular weight excluding hydrogens is 485 g/mol. The first kappa shape index (κ1) is 23.9. The van der Waals surface area contributed by atoms with E-state index in [9.17, 15) is 4.79 Å². The highest BCUT2D eigenvalue weighted by molar-refractivity contribution is 14.0. The normalized spacial score (nSPS) is 19.8. The number of anilines is 1. The average molecular weight is 519 g/mol. The lowest BCUT2D eigenvalue weighted by Gasteiger charge is -2.35. The van der Waals surface area contributed by atoms with E-state index in [0.717, 1.165) is 64.1 Å². The molecule has 3 rings (SSSR count). The number of carbonyl (C=O) groups is 1. The van der Waals surface area contributed by atoms with E-state index in [1.165, 1.54) is 0 Å². The summed E-state index contributed by atoms with van der Waals surface area (Å²) in [6.07, 6.45) is 3.61. The SMILES string of the molecule is CCNC(=NCC(C)CN1CCOCC1)N1CCN(c2cnn(C)c2)C(=O)C1.I. The number of aliphatic imine (C=N–C) groups is 1. The fraction of sp³-hybridized carbons (Fsp3) is 0.737. The Balaban J connectivity index is 0.00000300. The molecule has 0 aliphatic carbocycles. The molecule has 0 aromatic carbocycles. The lowest BCUT2D eigenvalue weighted by molar-refractivity contribution is -0.120. The molecule has 1 aromatic heterocycles. The average Bonchev–Trinajstić information content (AvgIpc) is 3.12. The molecule has 2 saturated heterocycles. The van der Waals surface area contributed by atoms with Gasteiger partial charge in [-0.1, -0.05) is 6.92 Å². The van der Waals surface area contributed by atoms with Crippen molar-refractivity contribution in [1.82, 2.24) is 24.9 Å². The standard InChI is InChI=1S/C19H33N7O2.HI/c1-4-20-19(21-11-16(2)13-24-7-9-28-10-8-24)25-5-6-26(18(27)15-25)17-12-22-23(3)14-17;/h12,14,16H,4-11,13,15H2,1-3H3,(H,20,21);1H. The molecule has 1 N–H and O–H groups in total. The van der Waals surface area contributed by atoms with Crippen LogP contribution in [0.1, 0.15) is 13.8 Å². The van der Waals surface area contributed by atoms with Crippen LogP contribution in [0.4, 0.5) is 5.69 Å². The van der Waals surface area contributed by atoms with Crippen molar-refractivity contribution in [2.24, 2.45) is 18.0 Å². The molecule has 0 spiro atoms. The fourth-order valence-corrected chi connectivity index (χ4v) is 3.63. The lowest BCUT2D eigenvalue weighted by Crippen LogP contribution is -2.55. The van der Waals surface area contributed by atoms with Gasteiger partial charge in [0.2, 0.25) is 5.91 Å². The second-order valence-corrected chi connectivity index (χ2v) is 7.55. The Bertz CT molecular complexity index is 675. The second kappa shape index (κ2) is 11.7. The largest absolute Gasteiger partial charge is 0.379 e. The van der Waals surface area contributed by atoms with Gasteiger partial charge in [0.25, 0.3) is 0 Å². The fourth-order valence-electron chi connectivity index (χ4n) is 3.63. The van der Waals surface area contributed by atoms with Gasteiger partial charge in [0.05, 0.1) is 25.1 Å². The maximum Gasteiger partial charge on any atom is 0.246 e. The predicted molar refractivity (Wildman–Crippen MR) is 125 cm³/mol. The van der Waals surface area contributed by atoms with Gasteiger partial charge in [-0.25, -0.2) is 0 Å². The molecule has 1 unspecified atom stereocenters. The number of ether oxygens (including phenoxy) is 1. The highest BCUT2D eigenvalue weighted by Crippen LogP contribution is 2.16. The van der Waals surface area contributed by atoms with Crippen molar-refractivity contribution in [2.45, 2.75) is 13.8 Å². The van der Waals surface area contributed by atoms with Crippen LogP contribution in [0.15, 0.2) is 17.4 Å². The summed E-state index contributed by atoms with van der Waals surface area (Å²) in [7, 11) is 1.86. The van der Waals surface area contributed by atoms with E-state index >= 15 is 0 Å². The molecule has 1 atom stereocenters. The van der Waals surface area contributed by atoms with Crippen molar-refractivity contribution in [2.75, 3.05) is 70.5 Å². The number of aryl methyl sites for hydroxylation is 1. The molecule has 1 aromatic rings. The number of hydrogen-bond acceptors (Lipinski definition) is 5. The minimum Gasteiger partial charge on any atom is -0.379 e. The molecule has 10 heteroatoms. The van der Waals surface area contributed by atoms with Gasteiger partial charge in [0.15, 0.2) is 5.96 Å². The number of piperazine rings is 1. The van der Waals surface area contributed by atoms with Crippen molar-refractivity contribution in [3.05, 3.63) is 12.4 Å². The van der Waals surface area contributed by atoms with Gasteiger partial charge in [-0.2, -0.15) is 5.10 Å². The van der Waals surface area contributed by atoms with Crippen LogP contribution in [0.25, 0.3) is 0 Å². The summed E-state index contributed by atoms with van der Waals surface area (Å²) in [5.74, 6) is 1.36. The number of aromatic nitrogens is 2. The Hall–Kier alpha value is -1.40. The zero-order valence-corrected chi connectivity index (χ0v) is 20.0. The van der Waals surface area contributed by atoms with Crippen LogP contribution in [0.3, 0.4) is 0 Å². The topological polar surface area (TPSA) is 78.2 Å². The molecule has 2 aliphatic heterocycles. The summed E-state index contributed by atoms with van der Waals surface area (Å²) in [6, 6.07) is 0. The van der Waals surface area contributed by atoms with Gasteiger partial charge >= 0.3 is 0 Å². The minimum absolute atomic E-state index is 0. The third-order valence-electron chi connectivity index (χ3n) is 5.08. The number of carbonyl (C=O) groups excluding carboxylic acids is 1. The maximum atomic E-state index is 12.7. The van der Waals surface area contributed by atoms with Crippen LogP contribution in [-0.4, -0.2) is 97.0 Å². The molecule has 3 heterocycles. The van der Waals surface area contributed by atoms with Crippen LogP contribution in [-0.2, 0) is 16.6 Å². The van der Waals surface area contributed by atoms with Crippen molar-refractivity contribution in [1.29, 1.82) is 0 Å². The first-order valence-electron chi connectivity index (χ1n) is 10.2. The summed E-state index contributed by atoms with van der Waals surface area (Å²) in [5.41, 5.74) is 0.855. The van der Waals surface area contributed by atoms with E-state index in [0.29, 0.717) is 19.0 Å². The Morgan fingerprint density at radius 1 is 1.31 bits per heavy atom. The molecule has 1 amide bonds. The van der Waals surface area contributed by atoms with E-state index in [4.69, 9.17) is 9.73 Å². The van der Waals surface area contributed by atoms with Crippen molar-refractivity contribution < 1.29 is 9.53 Å². The summed E-state index contributed by atoms with van der Waals surface area (Å²) in [6.45, 7) is 12.2. The van der Waals surface area contributed by atoms with Crippen molar-refractivity contribution in [3.8, 4) is 0 Å². The van der Waals surface area contributed by atoms with E-state index in [2.05, 4.69) is 34.1 Å². The Kier molecular flexibility index (Phi) is 9.63. The number of guanidine groups is 1. The number of morpholine rings is 1. The summed E-state index contributed by atoms with van der Waals surface area (Å²) >= 11 is 0. The molecule has 29 heavy (non-hydrogen) atoms. The molecule has 0 saturated carbocycles. The minimum atomic E-state index is 0. The molecule has 0 bridgehead atoms. The van der Waals surface area contributed by atoms with Gasteiger partial charge in [-0.3, -0.25) is 19.4 Å². The van der Waals surface area contributed by atoms with Crippen LogP contribution in [0.5, 0.6) is 0 Å². The third-order valence-corrected chi connectivity index (χ3v) is 5.08. The number of amides is 1. The molecule has 0 radical (unpaired) electrons. The summed E-state index contributed by atoms with van der Waals surface area (Å²) in [4.78, 5) is 23.8. The number of halogens is 1. The first-order valence-corrected chi connectivity index (χ1v) is 10.2. The van der Waals surface area contributed by atoms with Gasteiger partial charge in [-0.05, 0) is 12.8 Å². The Morgan fingerprint density at radius 3 is 2.69 bits per heavy atom. The number of hydrogen-bond donors (Lipinski definition) is 1. The zero-order valence-electron chi connectivity index (χ0n) is 17.7. The van der Waals surface area contributed by atoms with Gasteiger partial charge < -0.3 is 19.9 Å². The molecule has 164 valence electrons. The van der Waals surface area contributed by atoms with Gasteiger partial charge in [0.1, 0.15) is 6.54 Å². The predicted octanol–water partition coefficient (Wildman–Crippen LogP) is 0.621. The van der Waals surface area contributed by atoms with Crippen LogP contribution in [0, 0.1) is 5.92 Å². The van der Waals surface area contributed by atoms with Crippen LogP contribution in [0.2, 0.25) is 0 Å². The monoisotopic (exact) mass is 519 g/mol. The maximum absolute atomic E-state index is 12.7. The molecule has 2 aliphatic rings. The van der Waals surface area contributed by atoms with E-state index in [1.54, 1.807) is 15.8 Å². The van der Waals surface area contributed by atoms with E-state index < -0.39 is 0 Å². The van der Waals surface area contributed by atoms with E-state index in [1.807, 2.05) is 13.2 Å². The number of nitrogens with zero attached hydrogens (tertiary/aromatic N) is 6. The number of nitrogens with one attached hydrogen (secondary N) is 1. The van der Waals surface area contributed by atoms with Gasteiger partial charge in [-0.15, -0.1) is 24.0 Å². The second-order valence-electron chi connectivity index (χ2n) is 7.55. The molecular formula is C19H34IN7O2. The first-order chi connectivity index (χ1) is 13.6. The third kappa shape index (κ3) is 6.82. The van der Waals surface area contributed by atoms with E-state index in [-0.39, 0.29) is 29.9 Å². The molecule has 2 fully saturated rings.